The summed E-state index contributed by atoms with van der Waals surface area (Å²) in [4.78, 5) is 34.4. The lowest BCUT2D eigenvalue weighted by atomic mass is 10.1. The smallest absolute Gasteiger partial charge is 0.303 e. The summed E-state index contributed by atoms with van der Waals surface area (Å²) in [6.45, 7) is 1.86. The first kappa shape index (κ1) is 19.2. The zero-order valence-corrected chi connectivity index (χ0v) is 12.6. The lowest BCUT2D eigenvalue weighted by molar-refractivity contribution is 0.114. The Morgan fingerprint density at radius 3 is 2.00 bits per heavy atom. The number of phosphoric ester groups is 2. The molecule has 0 fully saturated rings. The predicted molar refractivity (Wildman–Crippen MR) is 68.3 cm³/mol. The Balaban J connectivity index is 3.92. The average molecular weight is 320 g/mol. The van der Waals surface area contributed by atoms with Crippen LogP contribution < -0.4 is 0 Å². The van der Waals surface area contributed by atoms with E-state index in [-0.39, 0.29) is 6.61 Å². The second-order valence-electron chi connectivity index (χ2n) is 4.18. The van der Waals surface area contributed by atoms with Crippen molar-refractivity contribution in [3.63, 3.8) is 0 Å². The van der Waals surface area contributed by atoms with Crippen molar-refractivity contribution < 1.29 is 37.8 Å². The minimum Gasteiger partial charge on any atom is -0.303 e. The van der Waals surface area contributed by atoms with Gasteiger partial charge in [-0.15, -0.1) is 0 Å². The van der Waals surface area contributed by atoms with E-state index in [1.54, 1.807) is 0 Å². The van der Waals surface area contributed by atoms with Crippen LogP contribution in [-0.2, 0) is 18.2 Å². The Morgan fingerprint density at radius 1 is 0.947 bits per heavy atom. The molecule has 0 aliphatic heterocycles. The Kier molecular flexibility index (Phi) is 9.32. The minimum atomic E-state index is -4.50. The highest BCUT2D eigenvalue weighted by Crippen LogP contribution is 2.40. The van der Waals surface area contributed by atoms with Crippen LogP contribution in [0.25, 0.3) is 0 Å². The molecule has 0 saturated heterocycles. The third-order valence-corrected chi connectivity index (χ3v) is 3.44. The van der Waals surface area contributed by atoms with Gasteiger partial charge in [-0.1, -0.05) is 19.8 Å². The number of hydrogen-bond acceptors (Lipinski definition) is 4. The van der Waals surface area contributed by atoms with Crippen molar-refractivity contribution in [2.45, 2.75) is 51.6 Å². The predicted octanol–water partition coefficient (Wildman–Crippen LogP) is 1.93. The summed E-state index contributed by atoms with van der Waals surface area (Å²) in [5.41, 5.74) is 0. The molecule has 1 unspecified atom stereocenters. The van der Waals surface area contributed by atoms with Crippen molar-refractivity contribution in [2.75, 3.05) is 6.61 Å². The summed E-state index contributed by atoms with van der Waals surface area (Å²) >= 11 is 0. The summed E-state index contributed by atoms with van der Waals surface area (Å²) in [6.07, 6.45) is 2.99. The third-order valence-electron chi connectivity index (χ3n) is 2.35. The number of hydrogen-bond donors (Lipinski definition) is 4. The molecule has 10 heteroatoms. The molecule has 19 heavy (non-hydrogen) atoms. The summed E-state index contributed by atoms with van der Waals surface area (Å²) < 4.78 is 30.1. The second-order valence-corrected chi connectivity index (χ2v) is 6.61. The van der Waals surface area contributed by atoms with Crippen LogP contribution in [0.3, 0.4) is 0 Å². The minimum absolute atomic E-state index is 0.0965. The molecular formula is C9H22O8P2. The van der Waals surface area contributed by atoms with Crippen molar-refractivity contribution in [3.05, 3.63) is 0 Å². The lowest BCUT2D eigenvalue weighted by Gasteiger charge is -2.17. The summed E-state index contributed by atoms with van der Waals surface area (Å²) in [7, 11) is -8.94. The van der Waals surface area contributed by atoms with Crippen LogP contribution in [0.5, 0.6) is 0 Å². The molecule has 0 spiro atoms. The first-order valence-corrected chi connectivity index (χ1v) is 9.14. The molecule has 0 aromatic heterocycles. The van der Waals surface area contributed by atoms with Crippen molar-refractivity contribution in [1.82, 2.24) is 0 Å². The van der Waals surface area contributed by atoms with Gasteiger partial charge in [0.15, 0.2) is 0 Å². The molecule has 0 radical (unpaired) electrons. The highest BCUT2D eigenvalue weighted by Gasteiger charge is 2.21. The number of phosphoric acid groups is 2. The molecule has 8 nitrogen and oxygen atoms in total. The summed E-state index contributed by atoms with van der Waals surface area (Å²) in [6, 6.07) is 0. The van der Waals surface area contributed by atoms with E-state index in [0.717, 1.165) is 12.8 Å². The normalized spacial score (nSPS) is 14.6. The maximum Gasteiger partial charge on any atom is 0.469 e. The number of rotatable bonds is 11. The average Bonchev–Trinajstić information content (AvgIpc) is 2.21. The molecule has 0 bridgehead atoms. The van der Waals surface area contributed by atoms with Crippen LogP contribution >= 0.6 is 15.6 Å². The maximum absolute atomic E-state index is 10.8. The van der Waals surface area contributed by atoms with E-state index < -0.39 is 21.7 Å². The molecule has 116 valence electrons. The van der Waals surface area contributed by atoms with Gasteiger partial charge in [-0.2, -0.15) is 0 Å². The van der Waals surface area contributed by atoms with Crippen LogP contribution in [-0.4, -0.2) is 32.3 Å². The first-order valence-electron chi connectivity index (χ1n) is 6.08. The van der Waals surface area contributed by atoms with E-state index in [9.17, 15) is 9.13 Å². The molecular weight excluding hydrogens is 298 g/mol. The molecule has 0 rings (SSSR count). The van der Waals surface area contributed by atoms with Gasteiger partial charge in [-0.25, -0.2) is 9.13 Å². The molecule has 0 aliphatic carbocycles. The Bertz CT molecular complexity index is 322. The van der Waals surface area contributed by atoms with Crippen LogP contribution in [0.15, 0.2) is 0 Å². The van der Waals surface area contributed by atoms with Gasteiger partial charge in [0, 0.05) is 0 Å². The van der Waals surface area contributed by atoms with Gasteiger partial charge in [-0.3, -0.25) is 9.05 Å². The first-order chi connectivity index (χ1) is 8.64. The van der Waals surface area contributed by atoms with Gasteiger partial charge in [0.2, 0.25) is 0 Å². The molecule has 0 aromatic rings. The monoisotopic (exact) mass is 320 g/mol. The molecule has 0 aromatic carbocycles. The van der Waals surface area contributed by atoms with Crippen molar-refractivity contribution in [2.24, 2.45) is 0 Å². The quantitative estimate of drug-likeness (QED) is 0.335. The Hall–Kier alpha value is 0.220. The Morgan fingerprint density at radius 2 is 1.53 bits per heavy atom. The van der Waals surface area contributed by atoms with E-state index >= 15 is 0 Å². The van der Waals surface area contributed by atoms with Crippen molar-refractivity contribution >= 4 is 15.6 Å². The number of unbranched alkanes of at least 4 members (excludes halogenated alkanes) is 2. The molecule has 0 aliphatic rings. The van der Waals surface area contributed by atoms with Gasteiger partial charge in [0.25, 0.3) is 0 Å². The molecule has 4 N–H and O–H groups in total. The Labute approximate surface area is 112 Å². The van der Waals surface area contributed by atoms with Crippen LogP contribution in [0.2, 0.25) is 0 Å². The zero-order valence-electron chi connectivity index (χ0n) is 10.8. The standard InChI is InChI=1S/C9H22O8P2/c1-2-3-6-9(17-19(13,14)15)7-4-5-8-16-18(10,11)12/h9H,2-8H2,1H3,(H2,10,11,12)(H2,13,14,15). The van der Waals surface area contributed by atoms with Crippen molar-refractivity contribution in [1.29, 1.82) is 0 Å². The molecule has 1 atom stereocenters. The topological polar surface area (TPSA) is 134 Å². The van der Waals surface area contributed by atoms with E-state index in [1.807, 2.05) is 6.92 Å². The van der Waals surface area contributed by atoms with Crippen LogP contribution in [0.4, 0.5) is 0 Å². The van der Waals surface area contributed by atoms with Gasteiger partial charge < -0.3 is 19.6 Å². The van der Waals surface area contributed by atoms with Gasteiger partial charge in [-0.05, 0) is 25.7 Å². The summed E-state index contributed by atoms with van der Waals surface area (Å²) in [5.74, 6) is 0. The van der Waals surface area contributed by atoms with Gasteiger partial charge >= 0.3 is 15.6 Å². The second kappa shape index (κ2) is 9.21. The van der Waals surface area contributed by atoms with Crippen molar-refractivity contribution in [3.8, 4) is 0 Å². The molecule has 0 saturated carbocycles. The summed E-state index contributed by atoms with van der Waals surface area (Å²) in [5, 5.41) is 0. The third kappa shape index (κ3) is 14.4. The van der Waals surface area contributed by atoms with Crippen LogP contribution in [0.1, 0.15) is 45.4 Å². The SMILES string of the molecule is CCCCC(CCCCOP(=O)(O)O)OP(=O)(O)O. The van der Waals surface area contributed by atoms with Gasteiger partial charge in [0.05, 0.1) is 12.7 Å². The lowest BCUT2D eigenvalue weighted by Crippen LogP contribution is -2.11. The van der Waals surface area contributed by atoms with E-state index in [2.05, 4.69) is 9.05 Å². The fourth-order valence-corrected chi connectivity index (χ4v) is 2.50. The fourth-order valence-electron chi connectivity index (χ4n) is 1.53. The molecule has 0 heterocycles. The largest absolute Gasteiger partial charge is 0.469 e. The highest BCUT2D eigenvalue weighted by atomic mass is 31.2. The maximum atomic E-state index is 10.8. The van der Waals surface area contributed by atoms with E-state index in [4.69, 9.17) is 19.6 Å². The fraction of sp³-hybridized carbons (Fsp3) is 1.00. The zero-order chi connectivity index (χ0) is 14.9. The van der Waals surface area contributed by atoms with E-state index in [0.29, 0.717) is 25.7 Å². The van der Waals surface area contributed by atoms with Crippen LogP contribution in [0, 0.1) is 0 Å². The highest BCUT2D eigenvalue weighted by molar-refractivity contribution is 7.46. The van der Waals surface area contributed by atoms with Gasteiger partial charge in [0.1, 0.15) is 0 Å². The van der Waals surface area contributed by atoms with E-state index in [1.165, 1.54) is 0 Å². The molecule has 0 amide bonds.